The fraction of sp³-hybridized carbons (Fsp3) is 0.533. The Morgan fingerprint density at radius 2 is 2.18 bits per heavy atom. The van der Waals surface area contributed by atoms with Crippen LogP contribution in [0.1, 0.15) is 50.4 Å². The van der Waals surface area contributed by atoms with Crippen LogP contribution in [-0.2, 0) is 0 Å². The van der Waals surface area contributed by atoms with Crippen LogP contribution in [0.4, 0.5) is 0 Å². The SMILES string of the molecule is C#Cc1ccc(C2CCCN2C)cn1.CCC. The lowest BCUT2D eigenvalue weighted by atomic mass is 10.1. The lowest BCUT2D eigenvalue weighted by molar-refractivity contribution is 0.317. The van der Waals surface area contributed by atoms with Gasteiger partial charge in [-0.2, -0.15) is 0 Å². The number of aromatic nitrogens is 1. The first-order chi connectivity index (χ1) is 8.22. The minimum absolute atomic E-state index is 0.536. The standard InChI is InChI=1S/C12H14N2.C3H8/c1-3-11-7-6-10(9-13-11)12-5-4-8-14(12)2;1-3-2/h1,6-7,9,12H,4-5,8H2,2H3;3H2,1-2H3. The molecule has 1 aliphatic heterocycles. The van der Waals surface area contributed by atoms with E-state index in [-0.39, 0.29) is 0 Å². The quantitative estimate of drug-likeness (QED) is 0.688. The van der Waals surface area contributed by atoms with Crippen LogP contribution in [0, 0.1) is 12.3 Å². The number of likely N-dealkylation sites (tertiary alicyclic amines) is 1. The fourth-order valence-corrected chi connectivity index (χ4v) is 2.02. The molecule has 1 atom stereocenters. The molecule has 2 heteroatoms. The Balaban J connectivity index is 0.000000437. The van der Waals surface area contributed by atoms with E-state index in [2.05, 4.69) is 42.8 Å². The van der Waals surface area contributed by atoms with Crippen molar-refractivity contribution in [2.45, 2.75) is 39.2 Å². The van der Waals surface area contributed by atoms with Gasteiger partial charge in [0.15, 0.2) is 0 Å². The lowest BCUT2D eigenvalue weighted by Gasteiger charge is -2.19. The van der Waals surface area contributed by atoms with Crippen molar-refractivity contribution >= 4 is 0 Å². The van der Waals surface area contributed by atoms with Crippen LogP contribution >= 0.6 is 0 Å². The molecule has 17 heavy (non-hydrogen) atoms. The first kappa shape index (κ1) is 13.7. The summed E-state index contributed by atoms with van der Waals surface area (Å²) in [6.07, 6.45) is 10.9. The molecule has 0 aromatic carbocycles. The van der Waals surface area contributed by atoms with Gasteiger partial charge in [0, 0.05) is 12.2 Å². The van der Waals surface area contributed by atoms with Gasteiger partial charge in [0.25, 0.3) is 0 Å². The Bertz CT molecular complexity index is 362. The summed E-state index contributed by atoms with van der Waals surface area (Å²) in [5.41, 5.74) is 2.00. The molecule has 2 heterocycles. The molecule has 2 nitrogen and oxygen atoms in total. The maximum Gasteiger partial charge on any atom is 0.112 e. The van der Waals surface area contributed by atoms with E-state index in [0.717, 1.165) is 5.69 Å². The Hall–Kier alpha value is -1.33. The van der Waals surface area contributed by atoms with Gasteiger partial charge in [-0.05, 0) is 38.1 Å². The van der Waals surface area contributed by atoms with E-state index in [1.807, 2.05) is 12.3 Å². The molecule has 0 N–H and O–H groups in total. The predicted molar refractivity (Wildman–Crippen MR) is 72.7 cm³/mol. The second-order valence-corrected chi connectivity index (χ2v) is 4.47. The van der Waals surface area contributed by atoms with E-state index in [0.29, 0.717) is 6.04 Å². The highest BCUT2D eigenvalue weighted by Gasteiger charge is 2.22. The van der Waals surface area contributed by atoms with Crippen LogP contribution in [0.25, 0.3) is 0 Å². The van der Waals surface area contributed by atoms with Crippen molar-refractivity contribution in [3.63, 3.8) is 0 Å². The zero-order valence-corrected chi connectivity index (χ0v) is 11.1. The van der Waals surface area contributed by atoms with Crippen molar-refractivity contribution in [3.8, 4) is 12.3 Å². The Morgan fingerprint density at radius 3 is 2.59 bits per heavy atom. The molecule has 1 saturated heterocycles. The van der Waals surface area contributed by atoms with Crippen molar-refractivity contribution in [2.24, 2.45) is 0 Å². The third kappa shape index (κ3) is 3.87. The van der Waals surface area contributed by atoms with Gasteiger partial charge in [-0.1, -0.05) is 32.3 Å². The van der Waals surface area contributed by atoms with E-state index in [1.165, 1.54) is 31.4 Å². The highest BCUT2D eigenvalue weighted by Crippen LogP contribution is 2.29. The Labute approximate surface area is 105 Å². The molecular weight excluding hydrogens is 208 g/mol. The lowest BCUT2D eigenvalue weighted by Crippen LogP contribution is -2.17. The van der Waals surface area contributed by atoms with Gasteiger partial charge in [-0.25, -0.2) is 4.98 Å². The molecule has 0 aliphatic carbocycles. The first-order valence-electron chi connectivity index (χ1n) is 6.35. The van der Waals surface area contributed by atoms with Crippen LogP contribution in [0.3, 0.4) is 0 Å². The highest BCUT2D eigenvalue weighted by molar-refractivity contribution is 5.27. The molecule has 1 aromatic rings. The summed E-state index contributed by atoms with van der Waals surface area (Å²) >= 11 is 0. The van der Waals surface area contributed by atoms with Crippen LogP contribution in [0.15, 0.2) is 18.3 Å². The van der Waals surface area contributed by atoms with Crippen LogP contribution < -0.4 is 0 Å². The summed E-state index contributed by atoms with van der Waals surface area (Å²) in [7, 11) is 2.16. The molecule has 1 fully saturated rings. The zero-order valence-electron chi connectivity index (χ0n) is 11.1. The molecule has 0 saturated carbocycles. The van der Waals surface area contributed by atoms with Gasteiger partial charge < -0.3 is 0 Å². The topological polar surface area (TPSA) is 16.1 Å². The van der Waals surface area contributed by atoms with Gasteiger partial charge in [0.05, 0.1) is 0 Å². The maximum atomic E-state index is 5.26. The molecule has 2 rings (SSSR count). The molecule has 1 unspecified atom stereocenters. The summed E-state index contributed by atoms with van der Waals surface area (Å²) < 4.78 is 0. The second kappa shape index (κ2) is 7.09. The minimum atomic E-state index is 0.536. The minimum Gasteiger partial charge on any atom is -0.299 e. The second-order valence-electron chi connectivity index (χ2n) is 4.47. The Morgan fingerprint density at radius 1 is 1.47 bits per heavy atom. The monoisotopic (exact) mass is 230 g/mol. The van der Waals surface area contributed by atoms with E-state index in [9.17, 15) is 0 Å². The van der Waals surface area contributed by atoms with Crippen molar-refractivity contribution < 1.29 is 0 Å². The summed E-state index contributed by atoms with van der Waals surface area (Å²) in [5.74, 6) is 2.53. The number of hydrogen-bond acceptors (Lipinski definition) is 2. The first-order valence-corrected chi connectivity index (χ1v) is 6.35. The zero-order chi connectivity index (χ0) is 12.7. The number of pyridine rings is 1. The number of nitrogens with zero attached hydrogens (tertiary/aromatic N) is 2. The summed E-state index contributed by atoms with van der Waals surface area (Å²) in [6, 6.07) is 4.55. The predicted octanol–water partition coefficient (Wildman–Crippen LogP) is 3.25. The number of hydrogen-bond donors (Lipinski definition) is 0. The fourth-order valence-electron chi connectivity index (χ4n) is 2.02. The van der Waals surface area contributed by atoms with E-state index >= 15 is 0 Å². The third-order valence-corrected chi connectivity index (χ3v) is 2.84. The average Bonchev–Trinajstić information content (AvgIpc) is 2.77. The largest absolute Gasteiger partial charge is 0.299 e. The van der Waals surface area contributed by atoms with E-state index in [1.54, 1.807) is 0 Å². The Kier molecular flexibility index (Phi) is 5.72. The van der Waals surface area contributed by atoms with Crippen molar-refractivity contribution in [1.29, 1.82) is 0 Å². The van der Waals surface area contributed by atoms with E-state index < -0.39 is 0 Å². The highest BCUT2D eigenvalue weighted by atomic mass is 15.1. The molecule has 0 radical (unpaired) electrons. The van der Waals surface area contributed by atoms with Gasteiger partial charge >= 0.3 is 0 Å². The van der Waals surface area contributed by atoms with Crippen molar-refractivity contribution in [2.75, 3.05) is 13.6 Å². The molecule has 1 aromatic heterocycles. The average molecular weight is 230 g/mol. The van der Waals surface area contributed by atoms with Crippen LogP contribution in [0.2, 0.25) is 0 Å². The number of terminal acetylenes is 1. The van der Waals surface area contributed by atoms with Gasteiger partial charge in [0.1, 0.15) is 5.69 Å². The number of rotatable bonds is 1. The smallest absolute Gasteiger partial charge is 0.112 e. The summed E-state index contributed by atoms with van der Waals surface area (Å²) in [4.78, 5) is 6.58. The molecule has 0 amide bonds. The summed E-state index contributed by atoms with van der Waals surface area (Å²) in [6.45, 7) is 5.43. The molecule has 1 aliphatic rings. The van der Waals surface area contributed by atoms with Crippen molar-refractivity contribution in [1.82, 2.24) is 9.88 Å². The van der Waals surface area contributed by atoms with Crippen LogP contribution in [-0.4, -0.2) is 23.5 Å². The summed E-state index contributed by atoms with van der Waals surface area (Å²) in [5, 5.41) is 0. The third-order valence-electron chi connectivity index (χ3n) is 2.84. The molecule has 92 valence electrons. The van der Waals surface area contributed by atoms with Crippen LogP contribution in [0.5, 0.6) is 0 Å². The van der Waals surface area contributed by atoms with E-state index in [4.69, 9.17) is 6.42 Å². The molecule has 0 spiro atoms. The normalized spacial score (nSPS) is 19.3. The van der Waals surface area contributed by atoms with Crippen molar-refractivity contribution in [3.05, 3.63) is 29.6 Å². The van der Waals surface area contributed by atoms with Gasteiger partial charge in [0.2, 0.25) is 0 Å². The maximum absolute atomic E-state index is 5.26. The molecule has 0 bridgehead atoms. The molecular formula is C15H22N2. The van der Waals surface area contributed by atoms with Gasteiger partial charge in [-0.3, -0.25) is 4.90 Å². The van der Waals surface area contributed by atoms with Gasteiger partial charge in [-0.15, -0.1) is 6.42 Å².